The molecule has 1 heterocycles. The molecule has 0 bridgehead atoms. The van der Waals surface area contributed by atoms with Crippen LogP contribution in [0.2, 0.25) is 0 Å². The number of thiophene rings is 1. The number of nitrogens with one attached hydrogen (secondary N) is 1. The summed E-state index contributed by atoms with van der Waals surface area (Å²) in [6.07, 6.45) is 1.51. The average Bonchev–Trinajstić information content (AvgIpc) is 3.34. The number of nitriles is 2. The Morgan fingerprint density at radius 3 is 2.66 bits per heavy atom. The fraction of sp³-hybridized carbons (Fsp3) is 0.160. The number of nitrogens with zero attached hydrogens (tertiary/aromatic N) is 2. The van der Waals surface area contributed by atoms with Crippen molar-refractivity contribution in [3.8, 4) is 23.6 Å². The summed E-state index contributed by atoms with van der Waals surface area (Å²) >= 11 is 1.54. The van der Waals surface area contributed by atoms with Gasteiger partial charge < -0.3 is 14.8 Å². The maximum atomic E-state index is 12.4. The van der Waals surface area contributed by atoms with Crippen LogP contribution >= 0.6 is 11.3 Å². The Kier molecular flexibility index (Phi) is 8.02. The second kappa shape index (κ2) is 11.4. The molecular weight excluding hydrogens is 422 g/mol. The average molecular weight is 444 g/mol. The van der Waals surface area contributed by atoms with Crippen LogP contribution in [0, 0.1) is 22.7 Å². The van der Waals surface area contributed by atoms with Gasteiger partial charge in [-0.25, -0.2) is 0 Å². The normalized spacial score (nSPS) is 10.7. The molecule has 0 spiro atoms. The van der Waals surface area contributed by atoms with Crippen LogP contribution in [0.4, 0.5) is 0 Å². The van der Waals surface area contributed by atoms with Crippen LogP contribution in [0.15, 0.2) is 65.6 Å². The number of hydrogen-bond donors (Lipinski definition) is 1. The molecular formula is C25H21N3O3S. The first-order valence-electron chi connectivity index (χ1n) is 9.94. The predicted octanol–water partition coefficient (Wildman–Crippen LogP) is 4.82. The molecule has 0 unspecified atom stereocenters. The zero-order valence-corrected chi connectivity index (χ0v) is 18.3. The lowest BCUT2D eigenvalue weighted by Gasteiger charge is -2.13. The summed E-state index contributed by atoms with van der Waals surface area (Å²) in [6, 6.07) is 20.4. The molecule has 0 aliphatic heterocycles. The molecule has 1 N–H and O–H groups in total. The van der Waals surface area contributed by atoms with E-state index in [1.165, 1.54) is 17.4 Å². The Morgan fingerprint density at radius 2 is 1.94 bits per heavy atom. The molecule has 1 amide bonds. The number of benzene rings is 2. The van der Waals surface area contributed by atoms with Crippen LogP contribution in [0.5, 0.6) is 11.5 Å². The van der Waals surface area contributed by atoms with Gasteiger partial charge in [0.05, 0.1) is 24.8 Å². The van der Waals surface area contributed by atoms with Gasteiger partial charge in [0.25, 0.3) is 5.91 Å². The molecule has 32 heavy (non-hydrogen) atoms. The summed E-state index contributed by atoms with van der Waals surface area (Å²) in [5.41, 5.74) is 1.97. The quantitative estimate of drug-likeness (QED) is 0.378. The standard InChI is InChI=1S/C25H21N3O3S/c1-2-30-24-13-18(12-21(15-27)25(29)28-16-22-8-5-11-32-22)9-10-23(24)31-17-20-7-4-3-6-19(20)14-26/h3-13H,2,16-17H2,1H3,(H,28,29)/b21-12+. The van der Waals surface area contributed by atoms with Crippen molar-refractivity contribution >= 4 is 23.3 Å². The van der Waals surface area contributed by atoms with Crippen LogP contribution in [-0.2, 0) is 17.9 Å². The van der Waals surface area contributed by atoms with Gasteiger partial charge in [0, 0.05) is 10.4 Å². The number of amides is 1. The van der Waals surface area contributed by atoms with E-state index in [2.05, 4.69) is 11.4 Å². The molecule has 1 aromatic heterocycles. The highest BCUT2D eigenvalue weighted by Crippen LogP contribution is 2.30. The van der Waals surface area contributed by atoms with Gasteiger partial charge in [-0.2, -0.15) is 10.5 Å². The second-order valence-corrected chi connectivity index (χ2v) is 7.66. The van der Waals surface area contributed by atoms with E-state index in [0.29, 0.717) is 35.8 Å². The van der Waals surface area contributed by atoms with Gasteiger partial charge in [-0.1, -0.05) is 30.3 Å². The number of ether oxygens (including phenoxy) is 2. The number of hydrogen-bond acceptors (Lipinski definition) is 6. The van der Waals surface area contributed by atoms with Crippen LogP contribution in [0.25, 0.3) is 6.08 Å². The first kappa shape index (κ1) is 22.6. The fourth-order valence-corrected chi connectivity index (χ4v) is 3.55. The zero-order valence-electron chi connectivity index (χ0n) is 17.5. The molecule has 2 aromatic carbocycles. The molecule has 0 atom stereocenters. The molecule has 3 aromatic rings. The summed E-state index contributed by atoms with van der Waals surface area (Å²) < 4.78 is 11.6. The third kappa shape index (κ3) is 5.98. The Balaban J connectivity index is 1.75. The minimum atomic E-state index is -0.438. The van der Waals surface area contributed by atoms with Crippen molar-refractivity contribution in [2.75, 3.05) is 6.61 Å². The van der Waals surface area contributed by atoms with Crippen molar-refractivity contribution in [1.82, 2.24) is 5.32 Å². The SMILES string of the molecule is CCOc1cc(/C=C(\C#N)C(=O)NCc2cccs2)ccc1OCc1ccccc1C#N. The van der Waals surface area contributed by atoms with E-state index >= 15 is 0 Å². The van der Waals surface area contributed by atoms with E-state index in [0.717, 1.165) is 10.4 Å². The van der Waals surface area contributed by atoms with Gasteiger partial charge in [0.2, 0.25) is 0 Å². The topological polar surface area (TPSA) is 95.1 Å². The van der Waals surface area contributed by atoms with Crippen molar-refractivity contribution < 1.29 is 14.3 Å². The summed E-state index contributed by atoms with van der Waals surface area (Å²) in [5, 5.41) is 23.4. The minimum absolute atomic E-state index is 0.000575. The van der Waals surface area contributed by atoms with Crippen LogP contribution < -0.4 is 14.8 Å². The summed E-state index contributed by atoms with van der Waals surface area (Å²) in [5.74, 6) is 0.566. The van der Waals surface area contributed by atoms with Gasteiger partial charge in [-0.3, -0.25) is 4.79 Å². The molecule has 3 rings (SSSR count). The van der Waals surface area contributed by atoms with Gasteiger partial charge in [-0.05, 0) is 48.2 Å². The third-order valence-electron chi connectivity index (χ3n) is 4.47. The van der Waals surface area contributed by atoms with Crippen molar-refractivity contribution in [3.63, 3.8) is 0 Å². The van der Waals surface area contributed by atoms with Gasteiger partial charge in [0.1, 0.15) is 18.2 Å². The van der Waals surface area contributed by atoms with Crippen LogP contribution in [0.3, 0.4) is 0 Å². The van der Waals surface area contributed by atoms with E-state index in [1.54, 1.807) is 30.3 Å². The van der Waals surface area contributed by atoms with Crippen molar-refractivity contribution in [2.45, 2.75) is 20.1 Å². The van der Waals surface area contributed by atoms with Crippen LogP contribution in [0.1, 0.15) is 28.5 Å². The van der Waals surface area contributed by atoms with Gasteiger partial charge in [0.15, 0.2) is 11.5 Å². The van der Waals surface area contributed by atoms with E-state index in [-0.39, 0.29) is 12.2 Å². The Bertz CT molecular complexity index is 1190. The van der Waals surface area contributed by atoms with E-state index in [9.17, 15) is 15.3 Å². The second-order valence-electron chi connectivity index (χ2n) is 6.63. The number of rotatable bonds is 9. The maximum absolute atomic E-state index is 12.4. The van der Waals surface area contributed by atoms with E-state index in [1.807, 2.05) is 42.6 Å². The van der Waals surface area contributed by atoms with Gasteiger partial charge >= 0.3 is 0 Å². The zero-order chi connectivity index (χ0) is 22.8. The molecule has 0 fully saturated rings. The lowest BCUT2D eigenvalue weighted by atomic mass is 10.1. The highest BCUT2D eigenvalue weighted by Gasteiger charge is 2.12. The van der Waals surface area contributed by atoms with Gasteiger partial charge in [-0.15, -0.1) is 11.3 Å². The first-order valence-corrected chi connectivity index (χ1v) is 10.8. The molecule has 0 radical (unpaired) electrons. The lowest BCUT2D eigenvalue weighted by Crippen LogP contribution is -2.23. The molecule has 7 heteroatoms. The van der Waals surface area contributed by atoms with E-state index in [4.69, 9.17) is 9.47 Å². The lowest BCUT2D eigenvalue weighted by molar-refractivity contribution is -0.117. The van der Waals surface area contributed by atoms with E-state index < -0.39 is 5.91 Å². The first-order chi connectivity index (χ1) is 15.6. The largest absolute Gasteiger partial charge is 0.490 e. The highest BCUT2D eigenvalue weighted by molar-refractivity contribution is 7.09. The third-order valence-corrected chi connectivity index (χ3v) is 5.34. The molecule has 6 nitrogen and oxygen atoms in total. The molecule has 0 saturated heterocycles. The summed E-state index contributed by atoms with van der Waals surface area (Å²) in [7, 11) is 0. The Hall–Kier alpha value is -4.07. The van der Waals surface area contributed by atoms with Crippen LogP contribution in [-0.4, -0.2) is 12.5 Å². The monoisotopic (exact) mass is 443 g/mol. The number of carbonyl (C=O) groups is 1. The van der Waals surface area contributed by atoms with Crippen molar-refractivity contribution in [3.05, 3.63) is 87.1 Å². The highest BCUT2D eigenvalue weighted by atomic mass is 32.1. The Morgan fingerprint density at radius 1 is 1.09 bits per heavy atom. The van der Waals surface area contributed by atoms with Crippen molar-refractivity contribution in [1.29, 1.82) is 10.5 Å². The minimum Gasteiger partial charge on any atom is -0.490 e. The summed E-state index contributed by atoms with van der Waals surface area (Å²) in [4.78, 5) is 13.4. The maximum Gasteiger partial charge on any atom is 0.262 e. The predicted molar refractivity (Wildman–Crippen MR) is 123 cm³/mol. The molecule has 0 saturated carbocycles. The molecule has 160 valence electrons. The molecule has 0 aliphatic rings. The Labute approximate surface area is 191 Å². The molecule has 0 aliphatic carbocycles. The smallest absolute Gasteiger partial charge is 0.262 e. The fourth-order valence-electron chi connectivity index (χ4n) is 2.90. The van der Waals surface area contributed by atoms with Crippen molar-refractivity contribution in [2.24, 2.45) is 0 Å². The summed E-state index contributed by atoms with van der Waals surface area (Å²) in [6.45, 7) is 2.87. The number of carbonyl (C=O) groups excluding carboxylic acids is 1.